The number of H-pyrrole nitrogens is 1. The lowest BCUT2D eigenvalue weighted by Crippen LogP contribution is -2.42. The minimum atomic E-state index is -1.35. The molecule has 0 atom stereocenters. The van der Waals surface area contributed by atoms with Crippen LogP contribution in [0.4, 0.5) is 0 Å². The number of carbonyl (C=O) groups is 1. The van der Waals surface area contributed by atoms with Crippen LogP contribution in [-0.2, 0) is 11.3 Å². The molecule has 31 heavy (non-hydrogen) atoms. The lowest BCUT2D eigenvalue weighted by atomic mass is 10.2. The summed E-state index contributed by atoms with van der Waals surface area (Å²) in [6.45, 7) is 2.26. The molecule has 0 saturated carbocycles. The Morgan fingerprint density at radius 3 is 2.29 bits per heavy atom. The van der Waals surface area contributed by atoms with Crippen molar-refractivity contribution in [2.75, 3.05) is 26.3 Å². The Balaban J connectivity index is 1.69. The number of nitrogens with one attached hydrogen (secondary N) is 1. The van der Waals surface area contributed by atoms with E-state index in [9.17, 15) is 19.5 Å². The molecule has 160 valence electrons. The van der Waals surface area contributed by atoms with Gasteiger partial charge in [0.25, 0.3) is 5.56 Å². The van der Waals surface area contributed by atoms with Crippen LogP contribution in [0.25, 0.3) is 5.69 Å². The van der Waals surface area contributed by atoms with E-state index < -0.39 is 17.2 Å². The lowest BCUT2D eigenvalue weighted by molar-refractivity contribution is 0.0336. The molecule has 0 amide bonds. The van der Waals surface area contributed by atoms with E-state index in [2.05, 4.69) is 4.98 Å². The molecule has 0 radical (unpaired) electrons. The molecule has 1 aromatic heterocycles. The van der Waals surface area contributed by atoms with Crippen LogP contribution in [-0.4, -0.2) is 51.8 Å². The molecule has 3 aromatic rings. The van der Waals surface area contributed by atoms with Gasteiger partial charge in [-0.2, -0.15) is 0 Å². The number of aromatic carboxylic acids is 1. The molecule has 0 aliphatic carbocycles. The summed E-state index contributed by atoms with van der Waals surface area (Å²) in [5, 5.41) is 9.50. The SMILES string of the molecule is O=C(O)c1[nH]c(=O)n(-c2ccc(Oc3ccccc3)cc2)c(=O)c1CN1CCOCC1. The van der Waals surface area contributed by atoms with Gasteiger partial charge >= 0.3 is 11.7 Å². The third kappa shape index (κ3) is 4.57. The van der Waals surface area contributed by atoms with Crippen molar-refractivity contribution >= 4 is 5.97 Å². The van der Waals surface area contributed by atoms with Gasteiger partial charge in [0.15, 0.2) is 0 Å². The van der Waals surface area contributed by atoms with Gasteiger partial charge in [-0.1, -0.05) is 18.2 Å². The first-order valence-electron chi connectivity index (χ1n) is 9.78. The molecule has 0 bridgehead atoms. The number of rotatable bonds is 6. The summed E-state index contributed by atoms with van der Waals surface area (Å²) >= 11 is 0. The van der Waals surface area contributed by atoms with Crippen LogP contribution in [0.15, 0.2) is 64.2 Å². The number of para-hydroxylation sites is 1. The summed E-state index contributed by atoms with van der Waals surface area (Å²) in [5.74, 6) is -0.157. The number of carboxylic acid groups (broad SMARTS) is 1. The Labute approximate surface area is 177 Å². The van der Waals surface area contributed by atoms with Crippen molar-refractivity contribution in [2.24, 2.45) is 0 Å². The maximum Gasteiger partial charge on any atom is 0.352 e. The van der Waals surface area contributed by atoms with Gasteiger partial charge in [-0.05, 0) is 36.4 Å². The fourth-order valence-corrected chi connectivity index (χ4v) is 3.41. The standard InChI is InChI=1S/C22H21N3O6/c26-20-18(14-24-10-12-30-13-11-24)19(21(27)28)23-22(29)25(20)15-6-8-17(9-7-15)31-16-4-2-1-3-5-16/h1-9H,10-14H2,(H,23,29)(H,27,28). The fourth-order valence-electron chi connectivity index (χ4n) is 3.41. The first-order chi connectivity index (χ1) is 15.0. The van der Waals surface area contributed by atoms with Crippen molar-refractivity contribution in [1.29, 1.82) is 0 Å². The summed E-state index contributed by atoms with van der Waals surface area (Å²) in [4.78, 5) is 41.6. The van der Waals surface area contributed by atoms with Crippen LogP contribution in [0.5, 0.6) is 11.5 Å². The predicted molar refractivity (Wildman–Crippen MR) is 112 cm³/mol. The molecule has 9 nitrogen and oxygen atoms in total. The summed E-state index contributed by atoms with van der Waals surface area (Å²) in [7, 11) is 0. The van der Waals surface area contributed by atoms with Crippen molar-refractivity contribution in [1.82, 2.24) is 14.5 Å². The molecule has 0 spiro atoms. The van der Waals surface area contributed by atoms with Gasteiger partial charge in [0.1, 0.15) is 17.2 Å². The van der Waals surface area contributed by atoms with Gasteiger partial charge in [0, 0.05) is 19.6 Å². The van der Waals surface area contributed by atoms with Crippen molar-refractivity contribution in [3.63, 3.8) is 0 Å². The van der Waals surface area contributed by atoms with E-state index in [1.54, 1.807) is 24.3 Å². The van der Waals surface area contributed by atoms with Crippen molar-refractivity contribution in [3.8, 4) is 17.2 Å². The van der Waals surface area contributed by atoms with E-state index in [0.29, 0.717) is 43.5 Å². The molecule has 1 aliphatic rings. The first kappa shape index (κ1) is 20.6. The molecule has 2 N–H and O–H groups in total. The zero-order valence-electron chi connectivity index (χ0n) is 16.6. The largest absolute Gasteiger partial charge is 0.477 e. The number of aromatic amines is 1. The molecular formula is C22H21N3O6. The zero-order chi connectivity index (χ0) is 21.8. The number of morpholine rings is 1. The Bertz CT molecular complexity index is 1180. The highest BCUT2D eigenvalue weighted by Gasteiger charge is 2.23. The number of ether oxygens (including phenoxy) is 2. The monoisotopic (exact) mass is 423 g/mol. The van der Waals surface area contributed by atoms with Crippen LogP contribution >= 0.6 is 0 Å². The second kappa shape index (κ2) is 8.99. The third-order valence-electron chi connectivity index (χ3n) is 4.97. The Hall–Kier alpha value is -3.69. The molecule has 1 aliphatic heterocycles. The molecule has 2 aromatic carbocycles. The average Bonchev–Trinajstić information content (AvgIpc) is 2.78. The lowest BCUT2D eigenvalue weighted by Gasteiger charge is -2.26. The van der Waals surface area contributed by atoms with Crippen LogP contribution in [0.1, 0.15) is 16.1 Å². The van der Waals surface area contributed by atoms with Crippen LogP contribution < -0.4 is 16.0 Å². The number of aromatic nitrogens is 2. The number of benzene rings is 2. The number of hydrogen-bond acceptors (Lipinski definition) is 6. The summed E-state index contributed by atoms with van der Waals surface area (Å²) in [5.41, 5.74) is -1.53. The van der Waals surface area contributed by atoms with Crippen molar-refractivity contribution < 1.29 is 19.4 Å². The molecule has 2 heterocycles. The molecule has 0 unspecified atom stereocenters. The Morgan fingerprint density at radius 2 is 1.65 bits per heavy atom. The van der Waals surface area contributed by atoms with Crippen LogP contribution in [0.2, 0.25) is 0 Å². The number of nitrogens with zero attached hydrogens (tertiary/aromatic N) is 2. The maximum atomic E-state index is 13.2. The average molecular weight is 423 g/mol. The first-order valence-corrected chi connectivity index (χ1v) is 9.78. The number of hydrogen-bond donors (Lipinski definition) is 2. The van der Waals surface area contributed by atoms with Gasteiger partial charge in [-0.3, -0.25) is 9.69 Å². The van der Waals surface area contributed by atoms with Gasteiger partial charge in [0.05, 0.1) is 24.5 Å². The van der Waals surface area contributed by atoms with E-state index in [0.717, 1.165) is 4.57 Å². The molecule has 4 rings (SSSR count). The minimum absolute atomic E-state index is 0.0265. The minimum Gasteiger partial charge on any atom is -0.477 e. The highest BCUT2D eigenvalue weighted by molar-refractivity contribution is 5.86. The van der Waals surface area contributed by atoms with Gasteiger partial charge in [-0.25, -0.2) is 14.2 Å². The van der Waals surface area contributed by atoms with Crippen LogP contribution in [0.3, 0.4) is 0 Å². The van der Waals surface area contributed by atoms with Gasteiger partial charge in [0.2, 0.25) is 0 Å². The normalized spacial score (nSPS) is 14.3. The molecular weight excluding hydrogens is 402 g/mol. The van der Waals surface area contributed by atoms with Gasteiger partial charge < -0.3 is 19.6 Å². The van der Waals surface area contributed by atoms with E-state index in [-0.39, 0.29) is 17.8 Å². The molecule has 1 fully saturated rings. The molecule has 9 heteroatoms. The summed E-state index contributed by atoms with van der Waals surface area (Å²) < 4.78 is 12.0. The quantitative estimate of drug-likeness (QED) is 0.622. The highest BCUT2D eigenvalue weighted by Crippen LogP contribution is 2.21. The predicted octanol–water partition coefficient (Wildman–Crippen LogP) is 1.85. The maximum absolute atomic E-state index is 13.2. The fraction of sp³-hybridized carbons (Fsp3) is 0.227. The van der Waals surface area contributed by atoms with Crippen molar-refractivity contribution in [3.05, 3.63) is 86.7 Å². The Kier molecular flexibility index (Phi) is 5.96. The second-order valence-corrected chi connectivity index (χ2v) is 7.03. The smallest absolute Gasteiger partial charge is 0.352 e. The van der Waals surface area contributed by atoms with E-state index in [1.165, 1.54) is 0 Å². The van der Waals surface area contributed by atoms with E-state index in [1.807, 2.05) is 35.2 Å². The third-order valence-corrected chi connectivity index (χ3v) is 4.97. The number of carboxylic acids is 1. The zero-order valence-corrected chi connectivity index (χ0v) is 16.6. The molecule has 1 saturated heterocycles. The highest BCUT2D eigenvalue weighted by atomic mass is 16.5. The summed E-state index contributed by atoms with van der Waals surface area (Å²) in [6.07, 6.45) is 0. The summed E-state index contributed by atoms with van der Waals surface area (Å²) in [6, 6.07) is 15.6. The van der Waals surface area contributed by atoms with Crippen LogP contribution in [0, 0.1) is 0 Å². The van der Waals surface area contributed by atoms with E-state index in [4.69, 9.17) is 9.47 Å². The van der Waals surface area contributed by atoms with Gasteiger partial charge in [-0.15, -0.1) is 0 Å². The second-order valence-electron chi connectivity index (χ2n) is 7.03. The Morgan fingerprint density at radius 1 is 1.00 bits per heavy atom. The van der Waals surface area contributed by atoms with Crippen molar-refractivity contribution in [2.45, 2.75) is 6.54 Å². The van der Waals surface area contributed by atoms with E-state index >= 15 is 0 Å². The topological polar surface area (TPSA) is 114 Å².